The molecule has 1 aromatic heterocycles. The number of carbonyl (C=O) groups excluding carboxylic acids is 1. The van der Waals surface area contributed by atoms with Gasteiger partial charge in [-0.25, -0.2) is 0 Å². The van der Waals surface area contributed by atoms with Crippen molar-refractivity contribution in [1.29, 1.82) is 0 Å². The molecule has 0 saturated carbocycles. The number of nitrogens with one attached hydrogen (secondary N) is 1. The monoisotopic (exact) mass is 349 g/mol. The van der Waals surface area contributed by atoms with Crippen LogP contribution in [-0.2, 0) is 11.2 Å². The predicted octanol–water partition coefficient (Wildman–Crippen LogP) is 2.44. The fourth-order valence-corrected chi connectivity index (χ4v) is 3.16. The predicted molar refractivity (Wildman–Crippen MR) is 90.2 cm³/mol. The minimum atomic E-state index is -0.0410. The van der Waals surface area contributed by atoms with Crippen LogP contribution in [0.3, 0.4) is 0 Å². The smallest absolute Gasteiger partial charge is 0.223 e. The Kier molecular flexibility index (Phi) is 5.37. The molecule has 0 aliphatic carbocycles. The summed E-state index contributed by atoms with van der Waals surface area (Å²) in [4.78, 5) is 14.6. The molecule has 1 fully saturated rings. The summed E-state index contributed by atoms with van der Waals surface area (Å²) in [6, 6.07) is 9.42. The maximum Gasteiger partial charge on any atom is 0.223 e. The molecule has 1 unspecified atom stereocenters. The summed E-state index contributed by atoms with van der Waals surface area (Å²) < 4.78 is 10.5. The van der Waals surface area contributed by atoms with Gasteiger partial charge in [0, 0.05) is 44.1 Å². The molecule has 1 aliphatic rings. The van der Waals surface area contributed by atoms with E-state index in [2.05, 4.69) is 10.5 Å². The maximum absolute atomic E-state index is 12.7. The molecule has 1 saturated heterocycles. The van der Waals surface area contributed by atoms with Crippen molar-refractivity contribution < 1.29 is 14.1 Å². The summed E-state index contributed by atoms with van der Waals surface area (Å²) in [5.74, 6) is 1.50. The first-order valence-electron chi connectivity index (χ1n) is 7.93. The van der Waals surface area contributed by atoms with E-state index in [9.17, 15) is 4.79 Å². The van der Waals surface area contributed by atoms with E-state index in [1.54, 1.807) is 13.2 Å². The Morgan fingerprint density at radius 3 is 3.08 bits per heavy atom. The number of para-hydroxylation sites is 1. The molecule has 6 nitrogen and oxygen atoms in total. The number of aromatic nitrogens is 1. The van der Waals surface area contributed by atoms with Gasteiger partial charge in [-0.1, -0.05) is 35.0 Å². The van der Waals surface area contributed by atoms with Gasteiger partial charge in [0.2, 0.25) is 5.91 Å². The van der Waals surface area contributed by atoms with Crippen LogP contribution >= 0.6 is 11.6 Å². The molecule has 128 valence electrons. The molecular weight excluding hydrogens is 330 g/mol. The molecule has 0 spiro atoms. The van der Waals surface area contributed by atoms with Crippen molar-refractivity contribution in [3.8, 4) is 5.75 Å². The molecule has 2 heterocycles. The number of halogens is 1. The van der Waals surface area contributed by atoms with Gasteiger partial charge in [-0.05, 0) is 6.07 Å². The molecule has 1 atom stereocenters. The van der Waals surface area contributed by atoms with E-state index in [1.807, 2.05) is 29.2 Å². The number of aryl methyl sites for hydroxylation is 1. The first kappa shape index (κ1) is 16.8. The third-order valence-corrected chi connectivity index (χ3v) is 4.36. The van der Waals surface area contributed by atoms with Crippen molar-refractivity contribution in [2.24, 2.45) is 0 Å². The highest BCUT2D eigenvalue weighted by atomic mass is 35.5. The molecule has 0 radical (unpaired) electrons. The number of benzene rings is 1. The van der Waals surface area contributed by atoms with Gasteiger partial charge in [-0.15, -0.1) is 0 Å². The van der Waals surface area contributed by atoms with E-state index >= 15 is 0 Å². The number of nitrogens with zero attached hydrogens (tertiary/aromatic N) is 2. The Bertz CT molecular complexity index is 704. The van der Waals surface area contributed by atoms with E-state index in [0.29, 0.717) is 36.8 Å². The zero-order chi connectivity index (χ0) is 16.9. The van der Waals surface area contributed by atoms with Crippen LogP contribution in [0.2, 0.25) is 5.15 Å². The van der Waals surface area contributed by atoms with Crippen LogP contribution in [0, 0.1) is 0 Å². The fraction of sp³-hybridized carbons (Fsp3) is 0.412. The summed E-state index contributed by atoms with van der Waals surface area (Å²) in [7, 11) is 1.65. The van der Waals surface area contributed by atoms with E-state index < -0.39 is 0 Å². The van der Waals surface area contributed by atoms with Gasteiger partial charge in [0.05, 0.1) is 13.2 Å². The van der Waals surface area contributed by atoms with Crippen LogP contribution in [0.5, 0.6) is 5.75 Å². The van der Waals surface area contributed by atoms with E-state index in [0.717, 1.165) is 17.9 Å². The summed E-state index contributed by atoms with van der Waals surface area (Å²) in [6.45, 7) is 2.16. The minimum absolute atomic E-state index is 0.0410. The molecule has 1 amide bonds. The van der Waals surface area contributed by atoms with Gasteiger partial charge >= 0.3 is 0 Å². The lowest BCUT2D eigenvalue weighted by atomic mass is 10.0. The second-order valence-corrected chi connectivity index (χ2v) is 6.05. The van der Waals surface area contributed by atoms with Gasteiger partial charge in [0.25, 0.3) is 0 Å². The van der Waals surface area contributed by atoms with E-state index in [1.165, 1.54) is 0 Å². The number of amides is 1. The Labute approximate surface area is 145 Å². The highest BCUT2D eigenvalue weighted by Gasteiger charge is 2.29. The molecule has 3 rings (SSSR count). The Morgan fingerprint density at radius 1 is 1.50 bits per heavy atom. The lowest BCUT2D eigenvalue weighted by molar-refractivity contribution is -0.134. The van der Waals surface area contributed by atoms with Gasteiger partial charge in [-0.3, -0.25) is 4.79 Å². The average Bonchev–Trinajstić information content (AvgIpc) is 3.05. The number of ether oxygens (including phenoxy) is 1. The summed E-state index contributed by atoms with van der Waals surface area (Å²) in [5, 5.41) is 7.29. The zero-order valence-corrected chi connectivity index (χ0v) is 14.3. The fourth-order valence-electron chi connectivity index (χ4n) is 3.00. The van der Waals surface area contributed by atoms with Crippen molar-refractivity contribution in [2.45, 2.75) is 18.9 Å². The quantitative estimate of drug-likeness (QED) is 0.898. The zero-order valence-electron chi connectivity index (χ0n) is 13.5. The largest absolute Gasteiger partial charge is 0.496 e. The van der Waals surface area contributed by atoms with Crippen molar-refractivity contribution in [3.63, 3.8) is 0 Å². The van der Waals surface area contributed by atoms with Gasteiger partial charge in [0.1, 0.15) is 11.5 Å². The normalized spacial score (nSPS) is 17.8. The minimum Gasteiger partial charge on any atom is -0.496 e. The van der Waals surface area contributed by atoms with E-state index in [-0.39, 0.29) is 11.9 Å². The van der Waals surface area contributed by atoms with Crippen LogP contribution in [-0.4, -0.2) is 42.7 Å². The lowest BCUT2D eigenvalue weighted by Crippen LogP contribution is -2.48. The maximum atomic E-state index is 12.7. The summed E-state index contributed by atoms with van der Waals surface area (Å²) in [5.41, 5.74) is 1.02. The Morgan fingerprint density at radius 2 is 2.33 bits per heavy atom. The number of hydrogen-bond acceptors (Lipinski definition) is 5. The molecule has 1 aromatic carbocycles. The third-order valence-electron chi connectivity index (χ3n) is 4.18. The van der Waals surface area contributed by atoms with E-state index in [4.69, 9.17) is 20.9 Å². The number of methoxy groups -OCH3 is 1. The van der Waals surface area contributed by atoms with Crippen molar-refractivity contribution >= 4 is 17.5 Å². The van der Waals surface area contributed by atoms with Crippen LogP contribution < -0.4 is 10.1 Å². The molecule has 7 heteroatoms. The molecular formula is C17H20ClN3O3. The lowest BCUT2D eigenvalue weighted by Gasteiger charge is -2.37. The van der Waals surface area contributed by atoms with Crippen LogP contribution in [0.1, 0.15) is 23.8 Å². The number of hydrogen-bond donors (Lipinski definition) is 1. The third kappa shape index (κ3) is 3.71. The Balaban J connectivity index is 1.72. The SMILES string of the molecule is COc1ccccc1C1CNCCN1C(=O)CCc1cc(Cl)no1. The van der Waals surface area contributed by atoms with Gasteiger partial charge in [0.15, 0.2) is 5.15 Å². The average molecular weight is 350 g/mol. The number of piperazine rings is 1. The summed E-state index contributed by atoms with van der Waals surface area (Å²) in [6.07, 6.45) is 0.846. The highest BCUT2D eigenvalue weighted by molar-refractivity contribution is 6.29. The molecule has 24 heavy (non-hydrogen) atoms. The molecule has 1 N–H and O–H groups in total. The standard InChI is InChI=1S/C17H20ClN3O3/c1-23-15-5-3-2-4-13(15)14-11-19-8-9-21(14)17(22)7-6-12-10-16(18)20-24-12/h2-5,10,14,19H,6-9,11H2,1H3. The Hall–Kier alpha value is -2.05. The van der Waals surface area contributed by atoms with Gasteiger partial charge < -0.3 is 19.5 Å². The first-order chi connectivity index (χ1) is 11.7. The van der Waals surface area contributed by atoms with Crippen LogP contribution in [0.25, 0.3) is 0 Å². The second kappa shape index (κ2) is 7.68. The van der Waals surface area contributed by atoms with Crippen LogP contribution in [0.4, 0.5) is 0 Å². The van der Waals surface area contributed by atoms with Crippen molar-refractivity contribution in [2.75, 3.05) is 26.7 Å². The molecule has 2 aromatic rings. The highest BCUT2D eigenvalue weighted by Crippen LogP contribution is 2.30. The topological polar surface area (TPSA) is 67.6 Å². The molecule has 1 aliphatic heterocycles. The summed E-state index contributed by atoms with van der Waals surface area (Å²) >= 11 is 5.74. The van der Waals surface area contributed by atoms with Gasteiger partial charge in [-0.2, -0.15) is 0 Å². The number of carbonyl (C=O) groups is 1. The van der Waals surface area contributed by atoms with Crippen LogP contribution in [0.15, 0.2) is 34.9 Å². The second-order valence-electron chi connectivity index (χ2n) is 5.66. The van der Waals surface area contributed by atoms with Crippen molar-refractivity contribution in [1.82, 2.24) is 15.4 Å². The number of rotatable bonds is 5. The van der Waals surface area contributed by atoms with Crippen molar-refractivity contribution in [3.05, 3.63) is 46.8 Å². The first-order valence-corrected chi connectivity index (χ1v) is 8.31. The molecule has 0 bridgehead atoms.